The van der Waals surface area contributed by atoms with Gasteiger partial charge in [0.05, 0.1) is 23.9 Å². The first kappa shape index (κ1) is 25.6. The van der Waals surface area contributed by atoms with Gasteiger partial charge in [0.2, 0.25) is 5.91 Å². The highest BCUT2D eigenvalue weighted by molar-refractivity contribution is 6.03. The van der Waals surface area contributed by atoms with Gasteiger partial charge in [-0.05, 0) is 49.4 Å². The number of fused-ring (bicyclic) bond motifs is 1. The second-order valence-corrected chi connectivity index (χ2v) is 9.38. The molecule has 2 heterocycles. The molecule has 1 atom stereocenters. The number of aromatic nitrogens is 2. The summed E-state index contributed by atoms with van der Waals surface area (Å²) in [6, 6.07) is 5.36. The zero-order valence-electron chi connectivity index (χ0n) is 20.3. The number of carbonyl (C=O) groups excluding carboxylic acids is 2. The fourth-order valence-electron chi connectivity index (χ4n) is 4.35. The molecule has 0 spiro atoms. The Morgan fingerprint density at radius 2 is 2.03 bits per heavy atom. The summed E-state index contributed by atoms with van der Waals surface area (Å²) in [7, 11) is 0. The number of likely N-dealkylation sites (tertiary alicyclic amines) is 1. The molecule has 1 aliphatic rings. The van der Waals surface area contributed by atoms with Crippen molar-refractivity contribution in [2.45, 2.75) is 45.7 Å². The standard InChI is InChI=1S/C26H30F2N4O4/c1-16(2)15-32-22-13-19(25(34)30-21-5-3-4-8-31(9-10-33)26(21)35)24(11-17(22)14-29-32)36-23-7-6-18(27)12-20(23)28/h6-7,11-14,16,21,33H,3-5,8-10,15H2,1-2H3,(H,30,34)/t21-/m0/s1. The van der Waals surface area contributed by atoms with E-state index in [-0.39, 0.29) is 36.1 Å². The van der Waals surface area contributed by atoms with Gasteiger partial charge >= 0.3 is 0 Å². The molecule has 1 aromatic heterocycles. The molecule has 4 rings (SSSR count). The highest BCUT2D eigenvalue weighted by Gasteiger charge is 2.29. The number of hydrogen-bond acceptors (Lipinski definition) is 5. The van der Waals surface area contributed by atoms with E-state index in [1.165, 1.54) is 0 Å². The molecule has 0 saturated carbocycles. The van der Waals surface area contributed by atoms with Crippen molar-refractivity contribution in [2.24, 2.45) is 5.92 Å². The minimum absolute atomic E-state index is 0.0582. The smallest absolute Gasteiger partial charge is 0.255 e. The van der Waals surface area contributed by atoms with Crippen molar-refractivity contribution in [3.8, 4) is 11.5 Å². The molecule has 1 fully saturated rings. The summed E-state index contributed by atoms with van der Waals surface area (Å²) in [4.78, 5) is 28.0. The van der Waals surface area contributed by atoms with Crippen LogP contribution >= 0.6 is 0 Å². The first-order chi connectivity index (χ1) is 17.3. The monoisotopic (exact) mass is 500 g/mol. The number of hydrogen-bond donors (Lipinski definition) is 2. The largest absolute Gasteiger partial charge is 0.453 e. The van der Waals surface area contributed by atoms with Crippen LogP contribution in [0.5, 0.6) is 11.5 Å². The molecule has 2 amide bonds. The Bertz CT molecular complexity index is 1260. The zero-order valence-corrected chi connectivity index (χ0v) is 20.3. The Morgan fingerprint density at radius 3 is 2.75 bits per heavy atom. The predicted octanol–water partition coefficient (Wildman–Crippen LogP) is 3.87. The van der Waals surface area contributed by atoms with Crippen molar-refractivity contribution >= 4 is 22.7 Å². The predicted molar refractivity (Wildman–Crippen MR) is 130 cm³/mol. The van der Waals surface area contributed by atoms with Crippen LogP contribution in [0, 0.1) is 17.6 Å². The summed E-state index contributed by atoms with van der Waals surface area (Å²) in [5, 5.41) is 17.2. The average Bonchev–Trinajstić information content (AvgIpc) is 3.12. The third-order valence-electron chi connectivity index (χ3n) is 6.10. The van der Waals surface area contributed by atoms with Gasteiger partial charge in [0.15, 0.2) is 11.6 Å². The first-order valence-corrected chi connectivity index (χ1v) is 12.1. The van der Waals surface area contributed by atoms with Gasteiger partial charge in [-0.2, -0.15) is 5.10 Å². The molecule has 10 heteroatoms. The van der Waals surface area contributed by atoms with E-state index in [0.717, 1.165) is 25.0 Å². The number of aliphatic hydroxyl groups is 1. The molecular weight excluding hydrogens is 470 g/mol. The molecule has 1 aliphatic heterocycles. The minimum atomic E-state index is -0.907. The van der Waals surface area contributed by atoms with Gasteiger partial charge < -0.3 is 20.1 Å². The van der Waals surface area contributed by atoms with E-state index in [9.17, 15) is 23.5 Å². The number of nitrogens with one attached hydrogen (secondary N) is 1. The van der Waals surface area contributed by atoms with Crippen molar-refractivity contribution in [3.05, 3.63) is 53.7 Å². The second kappa shape index (κ2) is 11.0. The van der Waals surface area contributed by atoms with Crippen molar-refractivity contribution in [1.82, 2.24) is 20.0 Å². The van der Waals surface area contributed by atoms with E-state index in [0.29, 0.717) is 42.4 Å². The quantitative estimate of drug-likeness (QED) is 0.490. The van der Waals surface area contributed by atoms with Gasteiger partial charge in [-0.25, -0.2) is 8.78 Å². The minimum Gasteiger partial charge on any atom is -0.453 e. The molecule has 1 saturated heterocycles. The Balaban J connectivity index is 1.71. The lowest BCUT2D eigenvalue weighted by Gasteiger charge is -2.24. The number of nitrogens with zero attached hydrogens (tertiary/aromatic N) is 3. The Kier molecular flexibility index (Phi) is 7.83. The van der Waals surface area contributed by atoms with Gasteiger partial charge in [-0.1, -0.05) is 13.8 Å². The summed E-state index contributed by atoms with van der Waals surface area (Å²) in [5.41, 5.74) is 0.789. The number of benzene rings is 2. The first-order valence-electron chi connectivity index (χ1n) is 12.1. The highest BCUT2D eigenvalue weighted by atomic mass is 19.1. The third kappa shape index (κ3) is 5.64. The van der Waals surface area contributed by atoms with Gasteiger partial charge in [-0.3, -0.25) is 14.3 Å². The van der Waals surface area contributed by atoms with Crippen LogP contribution in [0.2, 0.25) is 0 Å². The summed E-state index contributed by atoms with van der Waals surface area (Å²) in [6.07, 6.45) is 3.61. The highest BCUT2D eigenvalue weighted by Crippen LogP contribution is 2.32. The number of β-amino-alcohol motifs (C(OH)–C–C–N with tert-alkyl or cyclic N) is 1. The molecule has 0 aliphatic carbocycles. The van der Waals surface area contributed by atoms with E-state index in [1.54, 1.807) is 27.9 Å². The normalized spacial score (nSPS) is 16.4. The Morgan fingerprint density at radius 1 is 1.22 bits per heavy atom. The van der Waals surface area contributed by atoms with Crippen molar-refractivity contribution in [3.63, 3.8) is 0 Å². The molecule has 3 aromatic rings. The van der Waals surface area contributed by atoms with Crippen LogP contribution < -0.4 is 10.1 Å². The number of aliphatic hydroxyl groups excluding tert-OH is 1. The lowest BCUT2D eigenvalue weighted by Crippen LogP contribution is -2.48. The zero-order chi connectivity index (χ0) is 25.8. The Hall–Kier alpha value is -3.53. The van der Waals surface area contributed by atoms with E-state index < -0.39 is 23.6 Å². The fraction of sp³-hybridized carbons (Fsp3) is 0.423. The molecule has 192 valence electrons. The summed E-state index contributed by atoms with van der Waals surface area (Å²) < 4.78 is 35.3. The van der Waals surface area contributed by atoms with Gasteiger partial charge in [-0.15, -0.1) is 0 Å². The van der Waals surface area contributed by atoms with Crippen LogP contribution in [-0.4, -0.2) is 57.3 Å². The fourth-order valence-corrected chi connectivity index (χ4v) is 4.35. The lowest BCUT2D eigenvalue weighted by molar-refractivity contribution is -0.133. The van der Waals surface area contributed by atoms with E-state index in [1.807, 2.05) is 13.8 Å². The van der Waals surface area contributed by atoms with Crippen LogP contribution in [0.15, 0.2) is 36.5 Å². The Labute approximate surface area is 207 Å². The van der Waals surface area contributed by atoms with Crippen LogP contribution in [0.4, 0.5) is 8.78 Å². The van der Waals surface area contributed by atoms with Crippen LogP contribution in [0.1, 0.15) is 43.5 Å². The lowest BCUT2D eigenvalue weighted by atomic mass is 10.1. The maximum atomic E-state index is 14.4. The van der Waals surface area contributed by atoms with E-state index in [4.69, 9.17) is 4.74 Å². The SMILES string of the molecule is CC(C)Cn1ncc2cc(Oc3ccc(F)cc3F)c(C(=O)N[C@H]3CCCCN(CCO)C3=O)cc21. The summed E-state index contributed by atoms with van der Waals surface area (Å²) in [6.45, 7) is 5.27. The molecule has 0 radical (unpaired) electrons. The average molecular weight is 501 g/mol. The van der Waals surface area contributed by atoms with E-state index >= 15 is 0 Å². The van der Waals surface area contributed by atoms with Crippen molar-refractivity contribution in [1.29, 1.82) is 0 Å². The topological polar surface area (TPSA) is 96.7 Å². The molecule has 0 bridgehead atoms. The van der Waals surface area contributed by atoms with Crippen molar-refractivity contribution in [2.75, 3.05) is 19.7 Å². The molecule has 2 aromatic carbocycles. The molecule has 36 heavy (non-hydrogen) atoms. The third-order valence-corrected chi connectivity index (χ3v) is 6.10. The van der Waals surface area contributed by atoms with Crippen molar-refractivity contribution < 1.29 is 28.2 Å². The number of rotatable bonds is 8. The number of ether oxygens (including phenoxy) is 1. The van der Waals surface area contributed by atoms with Crippen LogP contribution in [0.25, 0.3) is 10.9 Å². The molecule has 2 N–H and O–H groups in total. The number of carbonyl (C=O) groups is 2. The summed E-state index contributed by atoms with van der Waals surface area (Å²) in [5.74, 6) is -2.35. The summed E-state index contributed by atoms with van der Waals surface area (Å²) >= 11 is 0. The maximum Gasteiger partial charge on any atom is 0.255 e. The van der Waals surface area contributed by atoms with E-state index in [2.05, 4.69) is 10.4 Å². The maximum absolute atomic E-state index is 14.4. The van der Waals surface area contributed by atoms with Crippen LogP contribution in [-0.2, 0) is 11.3 Å². The number of amides is 2. The van der Waals surface area contributed by atoms with Gasteiger partial charge in [0.25, 0.3) is 5.91 Å². The molecular formula is C26H30F2N4O4. The number of halogens is 2. The van der Waals surface area contributed by atoms with Gasteiger partial charge in [0.1, 0.15) is 17.6 Å². The molecule has 8 nitrogen and oxygen atoms in total. The second-order valence-electron chi connectivity index (χ2n) is 9.38. The van der Waals surface area contributed by atoms with Crippen LogP contribution in [0.3, 0.4) is 0 Å². The van der Waals surface area contributed by atoms with Gasteiger partial charge in [0, 0.05) is 31.1 Å². The molecule has 0 unspecified atom stereocenters.